The lowest BCUT2D eigenvalue weighted by Crippen LogP contribution is -2.48. The number of hydrogen-bond acceptors (Lipinski definition) is 1. The predicted molar refractivity (Wildman–Crippen MR) is 89.7 cm³/mol. The van der Waals surface area contributed by atoms with Gasteiger partial charge in [0, 0.05) is 17.5 Å². The fourth-order valence-corrected chi connectivity index (χ4v) is 3.54. The summed E-state index contributed by atoms with van der Waals surface area (Å²) in [5, 5.41) is 3.85. The minimum atomic E-state index is 0.143. The highest BCUT2D eigenvalue weighted by Crippen LogP contribution is 2.37. The molecule has 0 bridgehead atoms. The van der Waals surface area contributed by atoms with Crippen molar-refractivity contribution in [3.8, 4) is 0 Å². The molecule has 0 unspecified atom stereocenters. The zero-order valence-corrected chi connectivity index (χ0v) is 13.3. The first-order valence-corrected chi connectivity index (χ1v) is 7.95. The van der Waals surface area contributed by atoms with Gasteiger partial charge >= 0.3 is 0 Å². The Morgan fingerprint density at radius 1 is 0.905 bits per heavy atom. The van der Waals surface area contributed by atoms with Gasteiger partial charge in [-0.3, -0.25) is 0 Å². The van der Waals surface area contributed by atoms with Crippen molar-refractivity contribution in [1.29, 1.82) is 0 Å². The molecule has 0 heterocycles. The molecule has 2 atom stereocenters. The quantitative estimate of drug-likeness (QED) is 0.852. The van der Waals surface area contributed by atoms with Crippen molar-refractivity contribution in [3.63, 3.8) is 0 Å². The molecule has 0 saturated carbocycles. The second-order valence-electron chi connectivity index (χ2n) is 7.13. The summed E-state index contributed by atoms with van der Waals surface area (Å²) in [6.07, 6.45) is 2.38. The van der Waals surface area contributed by atoms with Crippen LogP contribution in [0, 0.1) is 0 Å². The molecular weight excluding hydrogens is 254 g/mol. The van der Waals surface area contributed by atoms with E-state index in [0.717, 1.165) is 0 Å². The molecule has 0 aromatic heterocycles. The van der Waals surface area contributed by atoms with Gasteiger partial charge < -0.3 is 5.32 Å². The van der Waals surface area contributed by atoms with Crippen LogP contribution in [0.4, 0.5) is 0 Å². The summed E-state index contributed by atoms with van der Waals surface area (Å²) in [6.45, 7) is 6.78. The summed E-state index contributed by atoms with van der Waals surface area (Å²) < 4.78 is 0. The molecule has 2 aromatic carbocycles. The fraction of sp³-hybridized carbons (Fsp3) is 0.400. The first kappa shape index (κ1) is 14.3. The van der Waals surface area contributed by atoms with Crippen LogP contribution in [0.3, 0.4) is 0 Å². The smallest absolute Gasteiger partial charge is 0.0246 e. The molecule has 0 aliphatic heterocycles. The topological polar surface area (TPSA) is 12.0 Å². The number of aryl methyl sites for hydroxylation is 1. The molecule has 21 heavy (non-hydrogen) atoms. The van der Waals surface area contributed by atoms with E-state index in [2.05, 4.69) is 80.7 Å². The van der Waals surface area contributed by atoms with Crippen LogP contribution in [0.1, 0.15) is 49.8 Å². The van der Waals surface area contributed by atoms with Crippen LogP contribution < -0.4 is 5.32 Å². The van der Waals surface area contributed by atoms with E-state index in [1.807, 2.05) is 0 Å². The second-order valence-corrected chi connectivity index (χ2v) is 7.13. The van der Waals surface area contributed by atoms with Gasteiger partial charge in [-0.15, -0.1) is 0 Å². The van der Waals surface area contributed by atoms with E-state index < -0.39 is 0 Å². The predicted octanol–water partition coefficient (Wildman–Crippen LogP) is 4.52. The van der Waals surface area contributed by atoms with Crippen molar-refractivity contribution in [3.05, 3.63) is 71.3 Å². The third-order valence-corrected chi connectivity index (χ3v) is 4.29. The van der Waals surface area contributed by atoms with Crippen LogP contribution in [0.5, 0.6) is 0 Å². The van der Waals surface area contributed by atoms with Crippen molar-refractivity contribution in [2.24, 2.45) is 0 Å². The van der Waals surface area contributed by atoms with Crippen LogP contribution in [-0.2, 0) is 6.42 Å². The number of benzene rings is 2. The van der Waals surface area contributed by atoms with Crippen molar-refractivity contribution in [2.75, 3.05) is 0 Å². The monoisotopic (exact) mass is 279 g/mol. The van der Waals surface area contributed by atoms with Gasteiger partial charge in [0.1, 0.15) is 0 Å². The van der Waals surface area contributed by atoms with Crippen molar-refractivity contribution in [2.45, 2.75) is 51.1 Å². The van der Waals surface area contributed by atoms with E-state index in [1.165, 1.54) is 29.5 Å². The summed E-state index contributed by atoms with van der Waals surface area (Å²) in [7, 11) is 0. The highest BCUT2D eigenvalue weighted by Gasteiger charge is 2.32. The number of nitrogens with one attached hydrogen (secondary N) is 1. The van der Waals surface area contributed by atoms with Crippen molar-refractivity contribution >= 4 is 0 Å². The maximum atomic E-state index is 3.85. The molecule has 0 radical (unpaired) electrons. The first-order valence-electron chi connectivity index (χ1n) is 7.95. The molecule has 1 heteroatoms. The number of hydrogen-bond donors (Lipinski definition) is 1. The SMILES string of the molecule is CC(C)(C)N[C@H]1CCc2ccccc2[C@H]1c1ccccc1. The van der Waals surface area contributed by atoms with Crippen LogP contribution in [0.25, 0.3) is 0 Å². The van der Waals surface area contributed by atoms with Gasteiger partial charge in [0.2, 0.25) is 0 Å². The lowest BCUT2D eigenvalue weighted by Gasteiger charge is -2.39. The average Bonchev–Trinajstić information content (AvgIpc) is 2.46. The van der Waals surface area contributed by atoms with Crippen molar-refractivity contribution < 1.29 is 0 Å². The summed E-state index contributed by atoms with van der Waals surface area (Å²) in [6, 6.07) is 20.4. The van der Waals surface area contributed by atoms with Crippen molar-refractivity contribution in [1.82, 2.24) is 5.32 Å². The highest BCUT2D eigenvalue weighted by atomic mass is 15.0. The largest absolute Gasteiger partial charge is 0.308 e. The summed E-state index contributed by atoms with van der Waals surface area (Å²) in [5.74, 6) is 0.454. The average molecular weight is 279 g/mol. The Morgan fingerprint density at radius 2 is 1.57 bits per heavy atom. The van der Waals surface area contributed by atoms with Gasteiger partial charge in [0.05, 0.1) is 0 Å². The lowest BCUT2D eigenvalue weighted by atomic mass is 9.75. The van der Waals surface area contributed by atoms with Gasteiger partial charge in [-0.1, -0.05) is 54.6 Å². The molecule has 1 N–H and O–H groups in total. The number of rotatable bonds is 2. The second kappa shape index (κ2) is 5.65. The van der Waals surface area contributed by atoms with E-state index in [0.29, 0.717) is 12.0 Å². The molecule has 110 valence electrons. The fourth-order valence-electron chi connectivity index (χ4n) is 3.54. The van der Waals surface area contributed by atoms with Crippen LogP contribution >= 0.6 is 0 Å². The van der Waals surface area contributed by atoms with E-state index in [4.69, 9.17) is 0 Å². The Kier molecular flexibility index (Phi) is 3.86. The minimum Gasteiger partial charge on any atom is -0.308 e. The summed E-state index contributed by atoms with van der Waals surface area (Å²) in [4.78, 5) is 0. The van der Waals surface area contributed by atoms with Gasteiger partial charge in [-0.25, -0.2) is 0 Å². The highest BCUT2D eigenvalue weighted by molar-refractivity contribution is 5.42. The molecule has 3 rings (SSSR count). The number of fused-ring (bicyclic) bond motifs is 1. The normalized spacial score (nSPS) is 21.9. The molecule has 0 spiro atoms. The first-order chi connectivity index (χ1) is 10.0. The van der Waals surface area contributed by atoms with E-state index in [1.54, 1.807) is 0 Å². The maximum absolute atomic E-state index is 3.85. The van der Waals surface area contributed by atoms with Gasteiger partial charge in [0.15, 0.2) is 0 Å². The Bertz CT molecular complexity index is 595. The third-order valence-electron chi connectivity index (χ3n) is 4.29. The summed E-state index contributed by atoms with van der Waals surface area (Å²) in [5.41, 5.74) is 4.57. The van der Waals surface area contributed by atoms with E-state index in [9.17, 15) is 0 Å². The van der Waals surface area contributed by atoms with Gasteiger partial charge in [0.25, 0.3) is 0 Å². The Balaban J connectivity index is 2.03. The van der Waals surface area contributed by atoms with Crippen LogP contribution in [0.15, 0.2) is 54.6 Å². The zero-order valence-electron chi connectivity index (χ0n) is 13.3. The molecular formula is C20H25N. The molecule has 0 fully saturated rings. The molecule has 0 saturated heterocycles. The molecule has 1 aliphatic carbocycles. The molecule has 1 nitrogen and oxygen atoms in total. The van der Waals surface area contributed by atoms with Crippen LogP contribution in [-0.4, -0.2) is 11.6 Å². The minimum absolute atomic E-state index is 0.143. The Morgan fingerprint density at radius 3 is 2.29 bits per heavy atom. The lowest BCUT2D eigenvalue weighted by molar-refractivity contribution is 0.315. The molecule has 1 aliphatic rings. The maximum Gasteiger partial charge on any atom is 0.0246 e. The Labute approximate surface area is 128 Å². The van der Waals surface area contributed by atoms with E-state index in [-0.39, 0.29) is 5.54 Å². The van der Waals surface area contributed by atoms with Gasteiger partial charge in [-0.2, -0.15) is 0 Å². The van der Waals surface area contributed by atoms with E-state index >= 15 is 0 Å². The molecule has 0 amide bonds. The van der Waals surface area contributed by atoms with Gasteiger partial charge in [-0.05, 0) is 50.3 Å². The Hall–Kier alpha value is -1.60. The standard InChI is InChI=1S/C20H25N/c1-20(2,3)21-18-14-13-15-9-7-8-12-17(15)19(18)16-10-5-4-6-11-16/h4-12,18-19,21H,13-14H2,1-3H3/t18-,19+/m0/s1. The summed E-state index contributed by atoms with van der Waals surface area (Å²) >= 11 is 0. The molecule has 2 aromatic rings. The zero-order chi connectivity index (χ0) is 14.9. The van der Waals surface area contributed by atoms with Crippen LogP contribution in [0.2, 0.25) is 0 Å². The third kappa shape index (κ3) is 3.19.